The van der Waals surface area contributed by atoms with E-state index >= 15 is 0 Å². The number of rotatable bonds is 5. The van der Waals surface area contributed by atoms with E-state index in [0.717, 1.165) is 17.0 Å². The lowest BCUT2D eigenvalue weighted by Crippen LogP contribution is -2.32. The molecule has 0 saturated carbocycles. The lowest BCUT2D eigenvalue weighted by molar-refractivity contribution is -0.115. The van der Waals surface area contributed by atoms with Gasteiger partial charge >= 0.3 is 0 Å². The van der Waals surface area contributed by atoms with Gasteiger partial charge < -0.3 is 15.1 Å². The standard InChI is InChI=1S/C20H14FN3O3S/c21-14-6-3-5-13(8-14)19(26)22-10-18(25)24-20-23-15(11-28-20)17-9-12-4-1-2-7-16(12)27-17/h1-9,11H,10H2,(H,22,26)(H,23,24,25). The number of thiazole rings is 1. The first-order valence-electron chi connectivity index (χ1n) is 8.36. The SMILES string of the molecule is O=C(CNC(=O)c1cccc(F)c1)Nc1nc(-c2cc3ccccc3o2)cs1. The van der Waals surface area contributed by atoms with Crippen molar-refractivity contribution in [3.8, 4) is 11.5 Å². The first-order chi connectivity index (χ1) is 13.6. The molecule has 28 heavy (non-hydrogen) atoms. The molecular weight excluding hydrogens is 381 g/mol. The lowest BCUT2D eigenvalue weighted by Gasteiger charge is -2.05. The second-order valence-electron chi connectivity index (χ2n) is 5.93. The Bertz CT molecular complexity index is 1140. The quantitative estimate of drug-likeness (QED) is 0.534. The smallest absolute Gasteiger partial charge is 0.251 e. The summed E-state index contributed by atoms with van der Waals surface area (Å²) in [5, 5.41) is 8.20. The van der Waals surface area contributed by atoms with Crippen molar-refractivity contribution in [1.82, 2.24) is 10.3 Å². The zero-order valence-electron chi connectivity index (χ0n) is 14.4. The Morgan fingerprint density at radius 3 is 2.79 bits per heavy atom. The number of para-hydroxylation sites is 1. The minimum absolute atomic E-state index is 0.147. The Morgan fingerprint density at radius 1 is 1.11 bits per heavy atom. The minimum Gasteiger partial charge on any atom is -0.454 e. The molecule has 0 spiro atoms. The lowest BCUT2D eigenvalue weighted by atomic mass is 10.2. The number of nitrogens with one attached hydrogen (secondary N) is 2. The molecule has 2 aromatic carbocycles. The van der Waals surface area contributed by atoms with Gasteiger partial charge in [0.1, 0.15) is 17.1 Å². The molecule has 2 N–H and O–H groups in total. The highest BCUT2D eigenvalue weighted by Crippen LogP contribution is 2.30. The van der Waals surface area contributed by atoms with Gasteiger partial charge in [-0.25, -0.2) is 9.37 Å². The van der Waals surface area contributed by atoms with Gasteiger partial charge in [-0.1, -0.05) is 24.3 Å². The van der Waals surface area contributed by atoms with E-state index in [0.29, 0.717) is 16.6 Å². The fraction of sp³-hybridized carbons (Fsp3) is 0.0500. The third-order valence-corrected chi connectivity index (χ3v) is 4.68. The minimum atomic E-state index is -0.531. The van der Waals surface area contributed by atoms with E-state index in [9.17, 15) is 14.0 Å². The van der Waals surface area contributed by atoms with Gasteiger partial charge in [-0.15, -0.1) is 11.3 Å². The largest absolute Gasteiger partial charge is 0.454 e. The second-order valence-corrected chi connectivity index (χ2v) is 6.79. The van der Waals surface area contributed by atoms with Crippen LogP contribution in [0, 0.1) is 5.82 Å². The number of carbonyl (C=O) groups is 2. The van der Waals surface area contributed by atoms with Crippen molar-refractivity contribution in [1.29, 1.82) is 0 Å². The Labute approximate surface area is 163 Å². The van der Waals surface area contributed by atoms with Crippen LogP contribution in [0.4, 0.5) is 9.52 Å². The topological polar surface area (TPSA) is 84.2 Å². The van der Waals surface area contributed by atoms with Crippen LogP contribution in [-0.2, 0) is 4.79 Å². The van der Waals surface area contributed by atoms with Gasteiger partial charge in [-0.05, 0) is 30.3 Å². The summed E-state index contributed by atoms with van der Waals surface area (Å²) in [6.45, 7) is -0.255. The zero-order chi connectivity index (χ0) is 19.5. The summed E-state index contributed by atoms with van der Waals surface area (Å²) in [4.78, 5) is 28.3. The molecule has 8 heteroatoms. The van der Waals surface area contributed by atoms with Crippen molar-refractivity contribution in [2.24, 2.45) is 0 Å². The number of amides is 2. The third kappa shape index (κ3) is 3.91. The van der Waals surface area contributed by atoms with Crippen molar-refractivity contribution >= 4 is 39.3 Å². The summed E-state index contributed by atoms with van der Waals surface area (Å²) >= 11 is 1.25. The summed E-state index contributed by atoms with van der Waals surface area (Å²) in [5.74, 6) is -0.873. The number of nitrogens with zero attached hydrogens (tertiary/aromatic N) is 1. The number of hydrogen-bond donors (Lipinski definition) is 2. The Hall–Kier alpha value is -3.52. The van der Waals surface area contributed by atoms with E-state index in [-0.39, 0.29) is 12.1 Å². The van der Waals surface area contributed by atoms with E-state index in [2.05, 4.69) is 15.6 Å². The van der Waals surface area contributed by atoms with Gasteiger partial charge in [0.25, 0.3) is 5.91 Å². The number of furan rings is 1. The van der Waals surface area contributed by atoms with E-state index in [1.807, 2.05) is 30.3 Å². The fourth-order valence-corrected chi connectivity index (χ4v) is 3.32. The van der Waals surface area contributed by atoms with Crippen LogP contribution < -0.4 is 10.6 Å². The van der Waals surface area contributed by atoms with Gasteiger partial charge in [0.2, 0.25) is 5.91 Å². The first kappa shape index (κ1) is 17.9. The molecule has 0 bridgehead atoms. The predicted molar refractivity (Wildman–Crippen MR) is 105 cm³/mol. The van der Waals surface area contributed by atoms with Crippen LogP contribution in [0.25, 0.3) is 22.4 Å². The molecule has 0 aliphatic carbocycles. The van der Waals surface area contributed by atoms with Crippen LogP contribution in [0.3, 0.4) is 0 Å². The Balaban J connectivity index is 1.37. The molecule has 4 aromatic rings. The molecule has 4 rings (SSSR count). The van der Waals surface area contributed by atoms with Crippen molar-refractivity contribution in [2.45, 2.75) is 0 Å². The second kappa shape index (κ2) is 7.61. The molecule has 0 radical (unpaired) electrons. The molecule has 0 saturated heterocycles. The predicted octanol–water partition coefficient (Wildman–Crippen LogP) is 4.06. The van der Waals surface area contributed by atoms with Crippen molar-refractivity contribution in [3.63, 3.8) is 0 Å². The number of carbonyl (C=O) groups excluding carboxylic acids is 2. The number of halogens is 1. The van der Waals surface area contributed by atoms with Crippen LogP contribution in [0.15, 0.2) is 64.4 Å². The third-order valence-electron chi connectivity index (χ3n) is 3.92. The maximum atomic E-state index is 13.2. The zero-order valence-corrected chi connectivity index (χ0v) is 15.3. The molecule has 0 unspecified atom stereocenters. The number of aromatic nitrogens is 1. The highest BCUT2D eigenvalue weighted by atomic mass is 32.1. The maximum absolute atomic E-state index is 13.2. The van der Waals surface area contributed by atoms with E-state index in [1.54, 1.807) is 5.38 Å². The average Bonchev–Trinajstić information content (AvgIpc) is 3.32. The fourth-order valence-electron chi connectivity index (χ4n) is 2.61. The van der Waals surface area contributed by atoms with Crippen molar-refractivity contribution in [2.75, 3.05) is 11.9 Å². The number of fused-ring (bicyclic) bond motifs is 1. The first-order valence-corrected chi connectivity index (χ1v) is 9.24. The summed E-state index contributed by atoms with van der Waals surface area (Å²) < 4.78 is 18.9. The normalized spacial score (nSPS) is 10.8. The summed E-state index contributed by atoms with van der Waals surface area (Å²) in [5.41, 5.74) is 1.52. The number of benzene rings is 2. The average molecular weight is 395 g/mol. The van der Waals surface area contributed by atoms with Gasteiger partial charge in [0, 0.05) is 16.3 Å². The molecule has 2 amide bonds. The van der Waals surface area contributed by atoms with Gasteiger partial charge in [0.05, 0.1) is 6.54 Å². The van der Waals surface area contributed by atoms with E-state index in [1.165, 1.54) is 29.5 Å². The molecule has 0 fully saturated rings. The van der Waals surface area contributed by atoms with E-state index < -0.39 is 17.6 Å². The molecule has 0 aliphatic rings. The number of anilines is 1. The van der Waals surface area contributed by atoms with Crippen molar-refractivity contribution < 1.29 is 18.4 Å². The summed E-state index contributed by atoms with van der Waals surface area (Å²) in [6, 6.07) is 14.8. The van der Waals surface area contributed by atoms with Gasteiger partial charge in [-0.2, -0.15) is 0 Å². The molecular formula is C20H14FN3O3S. The monoisotopic (exact) mass is 395 g/mol. The number of hydrogen-bond acceptors (Lipinski definition) is 5. The van der Waals surface area contributed by atoms with Crippen LogP contribution in [-0.4, -0.2) is 23.3 Å². The molecule has 2 aromatic heterocycles. The van der Waals surface area contributed by atoms with Crippen molar-refractivity contribution in [3.05, 3.63) is 71.4 Å². The van der Waals surface area contributed by atoms with Gasteiger partial charge in [0.15, 0.2) is 10.9 Å². The highest BCUT2D eigenvalue weighted by Gasteiger charge is 2.13. The van der Waals surface area contributed by atoms with Crippen LogP contribution in [0.2, 0.25) is 0 Å². The molecule has 0 atom stereocenters. The maximum Gasteiger partial charge on any atom is 0.251 e. The molecule has 0 aliphatic heterocycles. The molecule has 140 valence electrons. The Morgan fingerprint density at radius 2 is 1.96 bits per heavy atom. The highest BCUT2D eigenvalue weighted by molar-refractivity contribution is 7.14. The Kier molecular flexibility index (Phi) is 4.86. The van der Waals surface area contributed by atoms with Gasteiger partial charge in [-0.3, -0.25) is 9.59 Å². The van der Waals surface area contributed by atoms with Crippen LogP contribution in [0.1, 0.15) is 10.4 Å². The van der Waals surface area contributed by atoms with Crippen LogP contribution >= 0.6 is 11.3 Å². The van der Waals surface area contributed by atoms with Crippen LogP contribution in [0.5, 0.6) is 0 Å². The molecule has 6 nitrogen and oxygen atoms in total. The van der Waals surface area contributed by atoms with E-state index in [4.69, 9.17) is 4.42 Å². The summed E-state index contributed by atoms with van der Waals surface area (Å²) in [6.07, 6.45) is 0. The summed E-state index contributed by atoms with van der Waals surface area (Å²) in [7, 11) is 0. The molecule has 2 heterocycles.